The van der Waals surface area contributed by atoms with Crippen LogP contribution in [-0.2, 0) is 5.54 Å². The molecule has 1 aromatic rings. The molecule has 0 unspecified atom stereocenters. The normalized spacial score (nSPS) is 12.0. The quantitative estimate of drug-likeness (QED) is 0.645. The van der Waals surface area contributed by atoms with Crippen LogP contribution >= 0.6 is 22.6 Å². The minimum absolute atomic E-state index is 0.160. The summed E-state index contributed by atoms with van der Waals surface area (Å²) in [5.74, 6) is 0. The van der Waals surface area contributed by atoms with Crippen molar-refractivity contribution in [3.8, 4) is 0 Å². The third kappa shape index (κ3) is 1.51. The molecule has 0 aliphatic rings. The van der Waals surface area contributed by atoms with E-state index in [-0.39, 0.29) is 5.54 Å². The van der Waals surface area contributed by atoms with Gasteiger partial charge in [0.1, 0.15) is 0 Å². The van der Waals surface area contributed by atoms with Gasteiger partial charge in [0.25, 0.3) is 0 Å². The Kier molecular flexibility index (Phi) is 2.03. The van der Waals surface area contributed by atoms with E-state index >= 15 is 0 Å². The lowest BCUT2D eigenvalue weighted by Gasteiger charge is -2.21. The predicted molar refractivity (Wildman–Crippen MR) is 49.9 cm³/mol. The Morgan fingerprint density at radius 1 is 1.50 bits per heavy atom. The summed E-state index contributed by atoms with van der Waals surface area (Å²) in [4.78, 5) is 4.13. The molecule has 0 aliphatic carbocycles. The Labute approximate surface area is 74.8 Å². The first-order valence-corrected chi connectivity index (χ1v) is 4.29. The van der Waals surface area contributed by atoms with E-state index in [1.165, 1.54) is 0 Å². The molecule has 0 radical (unpaired) electrons. The summed E-state index contributed by atoms with van der Waals surface area (Å²) >= 11 is 2.23. The van der Waals surface area contributed by atoms with Gasteiger partial charge >= 0.3 is 0 Å². The second-order valence-corrected chi connectivity index (χ2v) is 4.20. The highest BCUT2D eigenvalue weighted by Crippen LogP contribution is 2.16. The van der Waals surface area contributed by atoms with E-state index in [2.05, 4.69) is 52.9 Å². The van der Waals surface area contributed by atoms with E-state index in [9.17, 15) is 0 Å². The molecule has 1 heterocycles. The number of rotatable bonds is 0. The number of hydrogen-bond acceptors (Lipinski definition) is 1. The van der Waals surface area contributed by atoms with Crippen LogP contribution in [0.5, 0.6) is 0 Å². The van der Waals surface area contributed by atoms with E-state index in [0.717, 1.165) is 3.83 Å². The third-order valence-corrected chi connectivity index (χ3v) is 2.12. The molecule has 10 heavy (non-hydrogen) atoms. The van der Waals surface area contributed by atoms with E-state index in [1.54, 1.807) is 0 Å². The smallest absolute Gasteiger partial charge is 0.171 e. The Bertz CT molecular complexity index is 222. The summed E-state index contributed by atoms with van der Waals surface area (Å²) in [6.07, 6.45) is 3.83. The molecule has 0 aromatic carbocycles. The first kappa shape index (κ1) is 8.04. The van der Waals surface area contributed by atoms with Crippen LogP contribution in [0.25, 0.3) is 0 Å². The number of hydrogen-bond donors (Lipinski definition) is 0. The largest absolute Gasteiger partial charge is 0.321 e. The minimum atomic E-state index is 0.160. The first-order chi connectivity index (χ1) is 4.52. The van der Waals surface area contributed by atoms with Crippen LogP contribution in [0.15, 0.2) is 12.4 Å². The first-order valence-electron chi connectivity index (χ1n) is 3.21. The van der Waals surface area contributed by atoms with Crippen LogP contribution in [-0.4, -0.2) is 9.55 Å². The summed E-state index contributed by atoms with van der Waals surface area (Å²) in [6.45, 7) is 6.49. The minimum Gasteiger partial charge on any atom is -0.321 e. The van der Waals surface area contributed by atoms with Crippen LogP contribution in [0.2, 0.25) is 0 Å². The lowest BCUT2D eigenvalue weighted by molar-refractivity contribution is 0.388. The van der Waals surface area contributed by atoms with Gasteiger partial charge in [0.05, 0.1) is 0 Å². The molecule has 1 aromatic heterocycles. The van der Waals surface area contributed by atoms with Gasteiger partial charge in [-0.2, -0.15) is 0 Å². The van der Waals surface area contributed by atoms with Crippen LogP contribution in [0, 0.1) is 3.83 Å². The second kappa shape index (κ2) is 2.53. The lowest BCUT2D eigenvalue weighted by atomic mass is 10.1. The molecule has 0 saturated heterocycles. The number of imidazole rings is 1. The highest BCUT2D eigenvalue weighted by Gasteiger charge is 2.14. The summed E-state index contributed by atoms with van der Waals surface area (Å²) < 4.78 is 3.19. The van der Waals surface area contributed by atoms with Crippen LogP contribution in [0.1, 0.15) is 20.8 Å². The summed E-state index contributed by atoms with van der Waals surface area (Å²) in [7, 11) is 0. The van der Waals surface area contributed by atoms with E-state index in [4.69, 9.17) is 0 Å². The molecule has 0 aliphatic heterocycles. The van der Waals surface area contributed by atoms with Crippen molar-refractivity contribution in [3.63, 3.8) is 0 Å². The molecule has 1 rings (SSSR count). The maximum absolute atomic E-state index is 4.13. The number of halogens is 1. The van der Waals surface area contributed by atoms with Crippen molar-refractivity contribution in [2.24, 2.45) is 0 Å². The van der Waals surface area contributed by atoms with E-state index < -0.39 is 0 Å². The Morgan fingerprint density at radius 3 is 2.30 bits per heavy atom. The molecule has 0 saturated carbocycles. The fourth-order valence-corrected chi connectivity index (χ4v) is 1.83. The van der Waals surface area contributed by atoms with Crippen molar-refractivity contribution in [1.29, 1.82) is 0 Å². The molecule has 0 spiro atoms. The molecule has 56 valence electrons. The van der Waals surface area contributed by atoms with Gasteiger partial charge in [-0.3, -0.25) is 0 Å². The van der Waals surface area contributed by atoms with E-state index in [1.807, 2.05) is 12.4 Å². The van der Waals surface area contributed by atoms with Gasteiger partial charge in [0.15, 0.2) is 3.83 Å². The Balaban J connectivity index is 3.05. The summed E-state index contributed by atoms with van der Waals surface area (Å²) in [6, 6.07) is 0. The van der Waals surface area contributed by atoms with Crippen molar-refractivity contribution >= 4 is 22.6 Å². The van der Waals surface area contributed by atoms with Gasteiger partial charge in [-0.05, 0) is 43.4 Å². The van der Waals surface area contributed by atoms with Crippen molar-refractivity contribution < 1.29 is 0 Å². The average molecular weight is 250 g/mol. The van der Waals surface area contributed by atoms with Crippen molar-refractivity contribution in [2.45, 2.75) is 26.3 Å². The second-order valence-electron chi connectivity index (χ2n) is 3.24. The highest BCUT2D eigenvalue weighted by molar-refractivity contribution is 14.1. The third-order valence-electron chi connectivity index (χ3n) is 1.32. The van der Waals surface area contributed by atoms with E-state index in [0.29, 0.717) is 0 Å². The molecule has 0 atom stereocenters. The van der Waals surface area contributed by atoms with Crippen molar-refractivity contribution in [1.82, 2.24) is 9.55 Å². The van der Waals surface area contributed by atoms with Crippen molar-refractivity contribution in [2.75, 3.05) is 0 Å². The number of nitrogens with zero attached hydrogens (tertiary/aromatic N) is 2. The van der Waals surface area contributed by atoms with Crippen molar-refractivity contribution in [3.05, 3.63) is 16.2 Å². The van der Waals surface area contributed by atoms with Crippen LogP contribution < -0.4 is 0 Å². The zero-order valence-electron chi connectivity index (χ0n) is 6.43. The summed E-state index contributed by atoms with van der Waals surface area (Å²) in [5, 5.41) is 0. The van der Waals surface area contributed by atoms with Crippen LogP contribution in [0.4, 0.5) is 0 Å². The SMILES string of the molecule is CC(C)(C)n1ccnc1I. The van der Waals surface area contributed by atoms with Gasteiger partial charge < -0.3 is 4.57 Å². The molecule has 0 amide bonds. The predicted octanol–water partition coefficient (Wildman–Crippen LogP) is 2.24. The molecular formula is C7H11IN2. The fraction of sp³-hybridized carbons (Fsp3) is 0.571. The highest BCUT2D eigenvalue weighted by atomic mass is 127. The molecule has 3 heteroatoms. The molecule has 2 nitrogen and oxygen atoms in total. The summed E-state index contributed by atoms with van der Waals surface area (Å²) in [5.41, 5.74) is 0.160. The van der Waals surface area contributed by atoms with Gasteiger partial charge in [-0.15, -0.1) is 0 Å². The maximum Gasteiger partial charge on any atom is 0.171 e. The van der Waals surface area contributed by atoms with Gasteiger partial charge in [-0.1, -0.05) is 0 Å². The monoisotopic (exact) mass is 250 g/mol. The lowest BCUT2D eigenvalue weighted by Crippen LogP contribution is -2.22. The van der Waals surface area contributed by atoms with Gasteiger partial charge in [0, 0.05) is 17.9 Å². The van der Waals surface area contributed by atoms with Gasteiger partial charge in [0.2, 0.25) is 0 Å². The molecular weight excluding hydrogens is 239 g/mol. The molecule has 0 N–H and O–H groups in total. The van der Waals surface area contributed by atoms with Crippen LogP contribution in [0.3, 0.4) is 0 Å². The Morgan fingerprint density at radius 2 is 2.10 bits per heavy atom. The molecule has 0 bridgehead atoms. The average Bonchev–Trinajstić information content (AvgIpc) is 2.11. The standard InChI is InChI=1S/C7H11IN2/c1-7(2,3)10-5-4-9-6(10)8/h4-5H,1-3H3. The Hall–Kier alpha value is -0.0600. The zero-order valence-corrected chi connectivity index (χ0v) is 8.58. The topological polar surface area (TPSA) is 17.8 Å². The fourth-order valence-electron chi connectivity index (χ4n) is 0.786. The molecule has 0 fully saturated rings. The van der Waals surface area contributed by atoms with Gasteiger partial charge in [-0.25, -0.2) is 4.98 Å². The maximum atomic E-state index is 4.13. The zero-order chi connectivity index (χ0) is 7.78. The number of aromatic nitrogens is 2.